The van der Waals surface area contributed by atoms with Gasteiger partial charge in [0.2, 0.25) is 0 Å². The van der Waals surface area contributed by atoms with Crippen molar-refractivity contribution in [1.29, 1.82) is 0 Å². The van der Waals surface area contributed by atoms with Crippen LogP contribution in [0.4, 0.5) is 0 Å². The SMILES string of the molecule is c1ccc(-c2cc(-c3cc(-c4ccccc4)cc(-n4c5ccccc5c5cc6c(cc54)oc4ccccc46)c3)cc(-c3nc(-c4ccccc4)nc(-c4ccccc4)n3)c2)cc1. The van der Waals surface area contributed by atoms with Crippen molar-refractivity contribution in [3.8, 4) is 73.2 Å². The number of aromatic nitrogens is 4. The van der Waals surface area contributed by atoms with Gasteiger partial charge in [0.25, 0.3) is 0 Å². The van der Waals surface area contributed by atoms with Crippen molar-refractivity contribution in [3.05, 3.63) is 218 Å². The molecule has 0 aliphatic heterocycles. The first-order valence-corrected chi connectivity index (χ1v) is 20.8. The summed E-state index contributed by atoms with van der Waals surface area (Å²) < 4.78 is 8.88. The fourth-order valence-electron chi connectivity index (χ4n) is 8.83. The summed E-state index contributed by atoms with van der Waals surface area (Å²) in [4.78, 5) is 15.3. The average Bonchev–Trinajstić information content (AvgIpc) is 3.88. The van der Waals surface area contributed by atoms with Gasteiger partial charge < -0.3 is 8.98 Å². The molecule has 0 aliphatic carbocycles. The summed E-state index contributed by atoms with van der Waals surface area (Å²) in [6.45, 7) is 0. The highest BCUT2D eigenvalue weighted by Crippen LogP contribution is 2.41. The normalized spacial score (nSPS) is 11.5. The third kappa shape index (κ3) is 6.23. The maximum absolute atomic E-state index is 6.49. The molecule has 0 unspecified atom stereocenters. The summed E-state index contributed by atoms with van der Waals surface area (Å²) in [5.74, 6) is 1.85. The fourth-order valence-corrected chi connectivity index (χ4v) is 8.83. The summed E-state index contributed by atoms with van der Waals surface area (Å²) in [5, 5.41) is 4.60. The number of furan rings is 1. The van der Waals surface area contributed by atoms with E-state index >= 15 is 0 Å². The largest absolute Gasteiger partial charge is 0.456 e. The lowest BCUT2D eigenvalue weighted by atomic mass is 9.93. The molecule has 9 aromatic carbocycles. The van der Waals surface area contributed by atoms with Gasteiger partial charge in [0.05, 0.1) is 11.0 Å². The Hall–Kier alpha value is -8.41. The van der Waals surface area contributed by atoms with Gasteiger partial charge in [-0.1, -0.05) is 158 Å². The Balaban J connectivity index is 1.12. The zero-order chi connectivity index (χ0) is 41.0. The van der Waals surface area contributed by atoms with Crippen molar-refractivity contribution in [1.82, 2.24) is 19.5 Å². The van der Waals surface area contributed by atoms with E-state index in [4.69, 9.17) is 19.4 Å². The van der Waals surface area contributed by atoms with Crippen LogP contribution in [-0.2, 0) is 0 Å². The second-order valence-electron chi connectivity index (χ2n) is 15.7. The fraction of sp³-hybridized carbons (Fsp3) is 0. The van der Waals surface area contributed by atoms with E-state index in [9.17, 15) is 0 Å². The number of benzene rings is 9. The Labute approximate surface area is 357 Å². The summed E-state index contributed by atoms with van der Waals surface area (Å²) in [5.41, 5.74) is 14.3. The smallest absolute Gasteiger partial charge is 0.164 e. The lowest BCUT2D eigenvalue weighted by Crippen LogP contribution is -2.00. The van der Waals surface area contributed by atoms with Gasteiger partial charge in [0.1, 0.15) is 11.2 Å². The summed E-state index contributed by atoms with van der Waals surface area (Å²) in [6.07, 6.45) is 0. The van der Waals surface area contributed by atoms with Crippen LogP contribution < -0.4 is 0 Å². The molecule has 62 heavy (non-hydrogen) atoms. The van der Waals surface area contributed by atoms with Crippen molar-refractivity contribution in [2.24, 2.45) is 0 Å². The van der Waals surface area contributed by atoms with E-state index in [-0.39, 0.29) is 0 Å². The molecular weight excluding hydrogens is 757 g/mol. The molecule has 0 fully saturated rings. The van der Waals surface area contributed by atoms with Crippen molar-refractivity contribution in [3.63, 3.8) is 0 Å². The monoisotopic (exact) mass is 792 g/mol. The van der Waals surface area contributed by atoms with Gasteiger partial charge in [-0.3, -0.25) is 0 Å². The van der Waals surface area contributed by atoms with Crippen molar-refractivity contribution < 1.29 is 4.42 Å². The van der Waals surface area contributed by atoms with E-state index in [2.05, 4.69) is 150 Å². The first-order chi connectivity index (χ1) is 30.7. The first-order valence-electron chi connectivity index (χ1n) is 20.8. The Morgan fingerprint density at radius 3 is 1.31 bits per heavy atom. The molecule has 0 spiro atoms. The molecule has 0 N–H and O–H groups in total. The second-order valence-corrected chi connectivity index (χ2v) is 15.7. The number of nitrogens with zero attached hydrogens (tertiary/aromatic N) is 4. The van der Waals surface area contributed by atoms with E-state index in [0.717, 1.165) is 88.7 Å². The molecule has 0 saturated carbocycles. The minimum atomic E-state index is 0.605. The molecular formula is C57H36N4O. The van der Waals surface area contributed by atoms with Crippen LogP contribution in [0.5, 0.6) is 0 Å². The summed E-state index contributed by atoms with van der Waals surface area (Å²) >= 11 is 0. The topological polar surface area (TPSA) is 56.7 Å². The molecule has 5 nitrogen and oxygen atoms in total. The van der Waals surface area contributed by atoms with Gasteiger partial charge in [-0.2, -0.15) is 0 Å². The molecule has 0 radical (unpaired) electrons. The molecule has 0 bridgehead atoms. The molecule has 0 amide bonds. The molecule has 0 atom stereocenters. The maximum Gasteiger partial charge on any atom is 0.164 e. The Morgan fingerprint density at radius 1 is 0.274 bits per heavy atom. The molecule has 12 aromatic rings. The van der Waals surface area contributed by atoms with Gasteiger partial charge in [-0.25, -0.2) is 15.0 Å². The van der Waals surface area contributed by atoms with Gasteiger partial charge in [0, 0.05) is 50.0 Å². The Bertz CT molecular complexity index is 3560. The predicted octanol–water partition coefficient (Wildman–Crippen LogP) is 14.9. The molecule has 0 aliphatic rings. The molecule has 3 heterocycles. The molecule has 5 heteroatoms. The third-order valence-electron chi connectivity index (χ3n) is 11.8. The second kappa shape index (κ2) is 14.7. The number of para-hydroxylation sites is 2. The zero-order valence-electron chi connectivity index (χ0n) is 33.5. The van der Waals surface area contributed by atoms with Crippen LogP contribution in [0.25, 0.3) is 117 Å². The lowest BCUT2D eigenvalue weighted by molar-refractivity contribution is 0.669. The molecule has 0 saturated heterocycles. The van der Waals surface area contributed by atoms with Crippen molar-refractivity contribution in [2.45, 2.75) is 0 Å². The van der Waals surface area contributed by atoms with Crippen LogP contribution in [0, 0.1) is 0 Å². The van der Waals surface area contributed by atoms with Crippen LogP contribution >= 0.6 is 0 Å². The highest BCUT2D eigenvalue weighted by Gasteiger charge is 2.19. The molecule has 3 aromatic heterocycles. The van der Waals surface area contributed by atoms with Gasteiger partial charge in [0.15, 0.2) is 17.5 Å². The van der Waals surface area contributed by atoms with E-state index in [1.54, 1.807) is 0 Å². The average molecular weight is 793 g/mol. The van der Waals surface area contributed by atoms with E-state index in [0.29, 0.717) is 17.5 Å². The Morgan fingerprint density at radius 2 is 0.710 bits per heavy atom. The number of rotatable bonds is 7. The van der Waals surface area contributed by atoms with Gasteiger partial charge in [-0.05, 0) is 88.0 Å². The number of hydrogen-bond donors (Lipinski definition) is 0. The van der Waals surface area contributed by atoms with Gasteiger partial charge >= 0.3 is 0 Å². The lowest BCUT2D eigenvalue weighted by Gasteiger charge is -2.16. The highest BCUT2D eigenvalue weighted by molar-refractivity contribution is 6.17. The van der Waals surface area contributed by atoms with Crippen LogP contribution in [0.2, 0.25) is 0 Å². The predicted molar refractivity (Wildman–Crippen MR) is 254 cm³/mol. The van der Waals surface area contributed by atoms with Crippen LogP contribution in [0.3, 0.4) is 0 Å². The maximum atomic E-state index is 6.49. The first kappa shape index (κ1) is 35.5. The van der Waals surface area contributed by atoms with Crippen LogP contribution in [-0.4, -0.2) is 19.5 Å². The van der Waals surface area contributed by atoms with Crippen molar-refractivity contribution in [2.75, 3.05) is 0 Å². The van der Waals surface area contributed by atoms with Crippen LogP contribution in [0.15, 0.2) is 223 Å². The standard InChI is InChI=1S/C57H36N4O/c1-5-17-37(18-6-1)41-29-42(32-45(31-41)57-59-55(39-21-9-3-10-22-39)58-56(60-57)40-23-11-4-12-24-40)44-30-43(38-19-7-2-8-20-38)33-46(34-44)61-51-27-15-13-25-47(51)49-35-50-48-26-14-16-28-53(48)62-54(50)36-52(49)61/h1-36H. The highest BCUT2D eigenvalue weighted by atomic mass is 16.3. The summed E-state index contributed by atoms with van der Waals surface area (Å²) in [6, 6.07) is 76.6. The minimum absolute atomic E-state index is 0.605. The quantitative estimate of drug-likeness (QED) is 0.161. The molecule has 12 rings (SSSR count). The zero-order valence-corrected chi connectivity index (χ0v) is 33.5. The third-order valence-corrected chi connectivity index (χ3v) is 11.8. The Kier molecular flexibility index (Phi) is 8.42. The number of hydrogen-bond acceptors (Lipinski definition) is 4. The summed E-state index contributed by atoms with van der Waals surface area (Å²) in [7, 11) is 0. The van der Waals surface area contributed by atoms with E-state index in [1.807, 2.05) is 72.8 Å². The number of fused-ring (bicyclic) bond motifs is 6. The van der Waals surface area contributed by atoms with Crippen molar-refractivity contribution >= 4 is 43.7 Å². The minimum Gasteiger partial charge on any atom is -0.456 e. The van der Waals surface area contributed by atoms with E-state index < -0.39 is 0 Å². The van der Waals surface area contributed by atoms with Gasteiger partial charge in [-0.15, -0.1) is 0 Å². The van der Waals surface area contributed by atoms with Crippen LogP contribution in [0.1, 0.15) is 0 Å². The molecule has 290 valence electrons. The van der Waals surface area contributed by atoms with E-state index in [1.165, 1.54) is 10.8 Å².